The maximum atomic E-state index is 14.9. The van der Waals surface area contributed by atoms with Crippen molar-refractivity contribution in [2.45, 2.75) is 112 Å². The van der Waals surface area contributed by atoms with Gasteiger partial charge in [0.25, 0.3) is 0 Å². The summed E-state index contributed by atoms with van der Waals surface area (Å²) in [5.41, 5.74) is -2.95. The molecule has 0 bridgehead atoms. The van der Waals surface area contributed by atoms with Gasteiger partial charge in [-0.3, -0.25) is 0 Å². The molecule has 1 aliphatic rings. The maximum absolute atomic E-state index is 14.9. The molecule has 22 heteroatoms. The molecule has 0 aromatic heterocycles. The molecule has 0 aliphatic heterocycles. The van der Waals surface area contributed by atoms with Crippen molar-refractivity contribution in [3.05, 3.63) is 54.1 Å². The van der Waals surface area contributed by atoms with E-state index in [1.165, 1.54) is 25.2 Å². The predicted octanol–water partition coefficient (Wildman–Crippen LogP) is 10.3. The Morgan fingerprint density at radius 2 is 1.21 bits per heavy atom. The number of halogens is 17. The molecule has 5 nitrogen and oxygen atoms in total. The first-order valence-electron chi connectivity index (χ1n) is 14.7. The molecule has 2 unspecified atom stereocenters. The van der Waals surface area contributed by atoms with Crippen molar-refractivity contribution in [3.63, 3.8) is 0 Å². The van der Waals surface area contributed by atoms with Gasteiger partial charge in [-0.1, -0.05) is 44.4 Å². The zero-order valence-corrected chi connectivity index (χ0v) is 26.4. The zero-order valence-electron chi connectivity index (χ0n) is 26.4. The van der Waals surface area contributed by atoms with Gasteiger partial charge in [-0.05, 0) is 50.1 Å². The first kappa shape index (κ1) is 44.4. The van der Waals surface area contributed by atoms with Crippen LogP contribution in [0.25, 0.3) is 0 Å². The Hall–Kier alpha value is -3.75. The quantitative estimate of drug-likeness (QED) is 0.0948. The van der Waals surface area contributed by atoms with Crippen molar-refractivity contribution in [1.29, 1.82) is 0 Å². The van der Waals surface area contributed by atoms with Crippen LogP contribution in [0.2, 0.25) is 0 Å². The molecular weight excluding hydrogens is 763 g/mol. The van der Waals surface area contributed by atoms with E-state index in [1.807, 2.05) is 6.92 Å². The number of hydrogen-bond acceptors (Lipinski definition) is 5. The number of rotatable bonds is 16. The number of esters is 2. The average Bonchev–Trinajstić information content (AvgIpc) is 3.02. The van der Waals surface area contributed by atoms with Crippen LogP contribution in [0.4, 0.5) is 74.6 Å². The number of allylic oxidation sites excluding steroid dienone is 2. The van der Waals surface area contributed by atoms with E-state index in [2.05, 4.69) is 4.74 Å². The number of ether oxygens (including phenoxy) is 3. The summed E-state index contributed by atoms with van der Waals surface area (Å²) in [4.78, 5) is 25.9. The van der Waals surface area contributed by atoms with Crippen molar-refractivity contribution in [1.82, 2.24) is 0 Å². The van der Waals surface area contributed by atoms with Crippen molar-refractivity contribution < 1.29 is 98.4 Å². The molecule has 0 fully saturated rings. The predicted molar refractivity (Wildman–Crippen MR) is 143 cm³/mol. The Kier molecular flexibility index (Phi) is 12.8. The molecule has 0 saturated heterocycles. The van der Waals surface area contributed by atoms with Gasteiger partial charge >= 0.3 is 59.8 Å². The summed E-state index contributed by atoms with van der Waals surface area (Å²) in [6.45, 7) is 3.50. The second-order valence-corrected chi connectivity index (χ2v) is 11.4. The second kappa shape index (κ2) is 14.9. The number of unbranched alkanes of at least 4 members (excludes halogenated alkanes) is 3. The van der Waals surface area contributed by atoms with Gasteiger partial charge in [-0.2, -0.15) is 74.6 Å². The van der Waals surface area contributed by atoms with Gasteiger partial charge in [-0.15, -0.1) is 0 Å². The Labute approximate surface area is 282 Å². The summed E-state index contributed by atoms with van der Waals surface area (Å²) < 4.78 is 244. The van der Waals surface area contributed by atoms with Gasteiger partial charge < -0.3 is 14.2 Å². The van der Waals surface area contributed by atoms with E-state index in [-0.39, 0.29) is 30.7 Å². The molecule has 2 rings (SSSR count). The van der Waals surface area contributed by atoms with Crippen molar-refractivity contribution >= 4 is 11.9 Å². The van der Waals surface area contributed by atoms with E-state index in [0.717, 1.165) is 25.3 Å². The van der Waals surface area contributed by atoms with Crippen molar-refractivity contribution in [2.24, 2.45) is 0 Å². The molecule has 0 radical (unpaired) electrons. The lowest BCUT2D eigenvalue weighted by molar-refractivity contribution is -0.473. The molecule has 3 atom stereocenters. The number of carbonyl (C=O) groups is 2. The first-order valence-corrected chi connectivity index (χ1v) is 14.7. The Morgan fingerprint density at radius 3 is 1.67 bits per heavy atom. The van der Waals surface area contributed by atoms with Crippen LogP contribution in [0, 0.1) is 0 Å². The van der Waals surface area contributed by atoms with Crippen LogP contribution in [0.1, 0.15) is 62.7 Å². The van der Waals surface area contributed by atoms with Crippen LogP contribution >= 0.6 is 0 Å². The van der Waals surface area contributed by atoms with E-state index in [1.54, 1.807) is 0 Å². The van der Waals surface area contributed by atoms with Crippen LogP contribution in [0.5, 0.6) is 5.75 Å². The highest BCUT2D eigenvalue weighted by Gasteiger charge is 2.96. The number of carbonyl (C=O) groups excluding carboxylic acids is 2. The van der Waals surface area contributed by atoms with E-state index in [9.17, 15) is 84.2 Å². The minimum atomic E-state index is -8.76. The molecule has 0 amide bonds. The van der Waals surface area contributed by atoms with Gasteiger partial charge in [0.1, 0.15) is 5.75 Å². The molecule has 1 aromatic rings. The zero-order chi connectivity index (χ0) is 40.4. The third kappa shape index (κ3) is 7.93. The van der Waals surface area contributed by atoms with Gasteiger partial charge in [0.05, 0.1) is 11.7 Å². The van der Waals surface area contributed by atoms with Crippen molar-refractivity contribution in [3.8, 4) is 5.75 Å². The fraction of sp³-hybridized carbons (Fsp3) is 0.600. The molecule has 0 spiro atoms. The Bertz CT molecular complexity index is 1470. The van der Waals surface area contributed by atoms with E-state index in [0.29, 0.717) is 12.8 Å². The first-order chi connectivity index (χ1) is 23.4. The number of alkyl halides is 17. The molecular formula is C30H27F17O5. The van der Waals surface area contributed by atoms with E-state index >= 15 is 0 Å². The van der Waals surface area contributed by atoms with Crippen LogP contribution < -0.4 is 4.74 Å². The topological polar surface area (TPSA) is 61.8 Å². The molecule has 0 saturated carbocycles. The Morgan fingerprint density at radius 1 is 0.692 bits per heavy atom. The third-order valence-electron chi connectivity index (χ3n) is 7.48. The smallest absolute Gasteiger partial charge is 0.459 e. The number of hydrogen-bond donors (Lipinski definition) is 0. The average molecular weight is 791 g/mol. The van der Waals surface area contributed by atoms with Crippen molar-refractivity contribution in [2.75, 3.05) is 0 Å². The summed E-state index contributed by atoms with van der Waals surface area (Å²) in [6.07, 6.45) is -7.66. The Balaban J connectivity index is 2.42. The summed E-state index contributed by atoms with van der Waals surface area (Å²) >= 11 is 0. The van der Waals surface area contributed by atoms with Crippen LogP contribution in [-0.4, -0.2) is 71.5 Å². The summed E-state index contributed by atoms with van der Waals surface area (Å²) in [7, 11) is 0. The maximum Gasteiger partial charge on any atom is 0.467 e. The monoisotopic (exact) mass is 790 g/mol. The molecule has 0 N–H and O–H groups in total. The molecule has 52 heavy (non-hydrogen) atoms. The minimum Gasteiger partial charge on any atom is -0.459 e. The minimum absolute atomic E-state index is 0.0740. The number of benzene rings is 1. The lowest BCUT2D eigenvalue weighted by Crippen LogP contribution is -2.76. The fourth-order valence-electron chi connectivity index (χ4n) is 4.39. The second-order valence-electron chi connectivity index (χ2n) is 11.4. The van der Waals surface area contributed by atoms with E-state index < -0.39 is 82.8 Å². The highest BCUT2D eigenvalue weighted by molar-refractivity contribution is 5.94. The van der Waals surface area contributed by atoms with Crippen LogP contribution in [0.3, 0.4) is 0 Å². The summed E-state index contributed by atoms with van der Waals surface area (Å²) in [5, 5.41) is 0. The lowest BCUT2D eigenvalue weighted by Gasteiger charge is -2.43. The standard InChI is InChI=1S/C30H27F17O5/c1-3-4-5-7-10-17(2)50-21(49)22(15-8-6-9-16-22)52-20(48)18-11-13-19(14-12-18)51-28(41,30(45,46)47)26(37,38)24(33,34)23(31,32)25(35,36)27(39,40)29(42,43)44/h6,8-9,11-15,17H,3-5,7,10,16H2,1-2H3/t17?,22-,28?/m1/s1. The van der Waals surface area contributed by atoms with Crippen LogP contribution in [-0.2, 0) is 14.3 Å². The van der Waals surface area contributed by atoms with Crippen LogP contribution in [0.15, 0.2) is 48.6 Å². The molecule has 296 valence electrons. The highest BCUT2D eigenvalue weighted by atomic mass is 19.4. The molecule has 1 aromatic carbocycles. The largest absolute Gasteiger partial charge is 0.467 e. The SMILES string of the molecule is CCCCCCC(C)OC(=O)[C@@]1(OC(=O)c2ccc(OC(F)(C(F)(F)F)C(F)(F)C(F)(F)C(F)(F)C(F)(F)C(F)(F)C(F)(F)F)cc2)C=CC=CC1. The van der Waals surface area contributed by atoms with Gasteiger partial charge in [-0.25, -0.2) is 9.59 Å². The molecule has 1 aliphatic carbocycles. The van der Waals surface area contributed by atoms with Gasteiger partial charge in [0.15, 0.2) is 0 Å². The highest BCUT2D eigenvalue weighted by Crippen LogP contribution is 2.64. The van der Waals surface area contributed by atoms with E-state index in [4.69, 9.17) is 9.47 Å². The summed E-state index contributed by atoms with van der Waals surface area (Å²) in [5.74, 6) is -54.9. The van der Waals surface area contributed by atoms with Gasteiger partial charge in [0.2, 0.25) is 5.60 Å². The van der Waals surface area contributed by atoms with Gasteiger partial charge in [0, 0.05) is 6.42 Å². The third-order valence-corrected chi connectivity index (χ3v) is 7.48. The summed E-state index contributed by atoms with van der Waals surface area (Å²) in [6, 6.07) is 0.398. The molecule has 0 heterocycles. The normalized spacial score (nSPS) is 19.5. The fourth-order valence-corrected chi connectivity index (χ4v) is 4.39. The lowest BCUT2D eigenvalue weighted by atomic mass is 9.90.